The molecule has 2 aromatic rings. The summed E-state index contributed by atoms with van der Waals surface area (Å²) in [5, 5.41) is 2.92. The molecule has 2 amide bonds. The lowest BCUT2D eigenvalue weighted by molar-refractivity contribution is -0.135. The van der Waals surface area contributed by atoms with Crippen molar-refractivity contribution in [2.75, 3.05) is 19.6 Å². The van der Waals surface area contributed by atoms with Gasteiger partial charge in [0.15, 0.2) is 11.2 Å². The predicted octanol–water partition coefficient (Wildman–Crippen LogP) is -0.0213. The first kappa shape index (κ1) is 21.8. The lowest BCUT2D eigenvalue weighted by atomic mass is 9.96. The highest BCUT2D eigenvalue weighted by molar-refractivity contribution is 5.81. The van der Waals surface area contributed by atoms with Crippen molar-refractivity contribution in [3.63, 3.8) is 0 Å². The Morgan fingerprint density at radius 2 is 2.00 bits per heavy atom. The Morgan fingerprint density at radius 3 is 2.73 bits per heavy atom. The van der Waals surface area contributed by atoms with E-state index < -0.39 is 11.2 Å². The Morgan fingerprint density at radius 1 is 1.23 bits per heavy atom. The van der Waals surface area contributed by atoms with Gasteiger partial charge in [0.2, 0.25) is 11.8 Å². The molecule has 1 aliphatic heterocycles. The van der Waals surface area contributed by atoms with E-state index in [-0.39, 0.29) is 17.7 Å². The number of imidazole rings is 1. The molecule has 0 spiro atoms. The summed E-state index contributed by atoms with van der Waals surface area (Å²) in [7, 11) is 3.02. The van der Waals surface area contributed by atoms with Gasteiger partial charge in [0.05, 0.1) is 12.2 Å². The number of aromatic nitrogens is 4. The van der Waals surface area contributed by atoms with Crippen LogP contribution >= 0.6 is 0 Å². The Labute approximate surface area is 174 Å². The second kappa shape index (κ2) is 9.27. The molecule has 2 aromatic heterocycles. The molecule has 1 fully saturated rings. The van der Waals surface area contributed by atoms with E-state index >= 15 is 0 Å². The van der Waals surface area contributed by atoms with Crippen LogP contribution in [0.5, 0.6) is 0 Å². The van der Waals surface area contributed by atoms with E-state index in [1.165, 1.54) is 17.9 Å². The molecule has 30 heavy (non-hydrogen) atoms. The number of hydrogen-bond acceptors (Lipinski definition) is 5. The van der Waals surface area contributed by atoms with Crippen LogP contribution in [-0.2, 0) is 30.2 Å². The SMILES string of the molecule is CCCNC(=O)C1CCCN(C(=O)CCCn2cnc3c2c(=O)n(C)c(=O)n3C)C1. The van der Waals surface area contributed by atoms with E-state index in [0.29, 0.717) is 50.2 Å². The second-order valence-corrected chi connectivity index (χ2v) is 7.89. The van der Waals surface area contributed by atoms with Crippen molar-refractivity contribution < 1.29 is 9.59 Å². The monoisotopic (exact) mass is 418 g/mol. The minimum Gasteiger partial charge on any atom is -0.356 e. The van der Waals surface area contributed by atoms with Gasteiger partial charge in [-0.1, -0.05) is 6.92 Å². The Balaban J connectivity index is 1.60. The average molecular weight is 418 g/mol. The van der Waals surface area contributed by atoms with E-state index in [1.807, 2.05) is 6.92 Å². The maximum absolute atomic E-state index is 12.7. The molecule has 1 atom stereocenters. The minimum absolute atomic E-state index is 0.0210. The zero-order valence-corrected chi connectivity index (χ0v) is 17.9. The number of nitrogens with one attached hydrogen (secondary N) is 1. The van der Waals surface area contributed by atoms with Crippen molar-refractivity contribution in [3.05, 3.63) is 27.2 Å². The predicted molar refractivity (Wildman–Crippen MR) is 112 cm³/mol. The van der Waals surface area contributed by atoms with Gasteiger partial charge in [0.25, 0.3) is 5.56 Å². The number of carbonyl (C=O) groups is 2. The molecule has 3 rings (SSSR count). The number of carbonyl (C=O) groups excluding carboxylic acids is 2. The van der Waals surface area contributed by atoms with Gasteiger partial charge in [-0.15, -0.1) is 0 Å². The van der Waals surface area contributed by atoms with Gasteiger partial charge in [-0.05, 0) is 25.7 Å². The summed E-state index contributed by atoms with van der Waals surface area (Å²) in [5.74, 6) is -0.0930. The highest BCUT2D eigenvalue weighted by atomic mass is 16.2. The summed E-state index contributed by atoms with van der Waals surface area (Å²) in [4.78, 5) is 55.3. The summed E-state index contributed by atoms with van der Waals surface area (Å²) >= 11 is 0. The summed E-state index contributed by atoms with van der Waals surface area (Å²) < 4.78 is 4.10. The van der Waals surface area contributed by atoms with E-state index in [0.717, 1.165) is 23.8 Å². The number of rotatable bonds is 7. The fraction of sp³-hybridized carbons (Fsp3) is 0.650. The van der Waals surface area contributed by atoms with Crippen LogP contribution in [0.2, 0.25) is 0 Å². The first-order valence-corrected chi connectivity index (χ1v) is 10.5. The number of fused-ring (bicyclic) bond motifs is 1. The summed E-state index contributed by atoms with van der Waals surface area (Å²) in [6.45, 7) is 4.26. The maximum atomic E-state index is 12.7. The van der Waals surface area contributed by atoms with Crippen LogP contribution in [0.15, 0.2) is 15.9 Å². The topological polar surface area (TPSA) is 111 Å². The van der Waals surface area contributed by atoms with Gasteiger partial charge in [-0.25, -0.2) is 9.78 Å². The molecular weight excluding hydrogens is 388 g/mol. The number of amides is 2. The van der Waals surface area contributed by atoms with Crippen LogP contribution in [0.3, 0.4) is 0 Å². The number of piperidine rings is 1. The fourth-order valence-electron chi connectivity index (χ4n) is 3.94. The molecule has 164 valence electrons. The maximum Gasteiger partial charge on any atom is 0.332 e. The number of hydrogen-bond donors (Lipinski definition) is 1. The first-order chi connectivity index (χ1) is 14.3. The second-order valence-electron chi connectivity index (χ2n) is 7.89. The van der Waals surface area contributed by atoms with E-state index in [9.17, 15) is 19.2 Å². The Hall–Kier alpha value is -2.91. The van der Waals surface area contributed by atoms with Crippen molar-refractivity contribution in [2.24, 2.45) is 20.0 Å². The lowest BCUT2D eigenvalue weighted by Crippen LogP contribution is -2.45. The quantitative estimate of drug-likeness (QED) is 0.679. The van der Waals surface area contributed by atoms with Crippen molar-refractivity contribution >= 4 is 23.0 Å². The number of likely N-dealkylation sites (tertiary alicyclic amines) is 1. The molecule has 0 aromatic carbocycles. The summed E-state index contributed by atoms with van der Waals surface area (Å²) in [6.07, 6.45) is 4.93. The molecule has 0 saturated carbocycles. The molecule has 1 aliphatic rings. The van der Waals surface area contributed by atoms with E-state index in [2.05, 4.69) is 10.3 Å². The molecule has 1 saturated heterocycles. The van der Waals surface area contributed by atoms with Crippen LogP contribution in [0, 0.1) is 5.92 Å². The van der Waals surface area contributed by atoms with Crippen molar-refractivity contribution in [1.29, 1.82) is 0 Å². The van der Waals surface area contributed by atoms with E-state index in [1.54, 1.807) is 16.5 Å². The van der Waals surface area contributed by atoms with Crippen molar-refractivity contribution in [1.82, 2.24) is 28.9 Å². The zero-order valence-electron chi connectivity index (χ0n) is 17.9. The fourth-order valence-corrected chi connectivity index (χ4v) is 3.94. The normalized spacial score (nSPS) is 16.8. The van der Waals surface area contributed by atoms with Gasteiger partial charge in [0.1, 0.15) is 0 Å². The van der Waals surface area contributed by atoms with Crippen molar-refractivity contribution in [3.8, 4) is 0 Å². The highest BCUT2D eigenvalue weighted by Crippen LogP contribution is 2.18. The standard InChI is InChI=1S/C20H30N6O4/c1-4-9-21-18(28)14-7-5-10-25(12-14)15(27)8-6-11-26-13-22-17-16(26)19(29)24(3)20(30)23(17)2/h13-14H,4-12H2,1-3H3,(H,21,28). The number of aryl methyl sites for hydroxylation is 2. The summed E-state index contributed by atoms with van der Waals surface area (Å²) in [6, 6.07) is 0. The molecule has 1 unspecified atom stereocenters. The third-order valence-electron chi connectivity index (χ3n) is 5.70. The molecular formula is C20H30N6O4. The third kappa shape index (κ3) is 4.31. The number of nitrogens with zero attached hydrogens (tertiary/aromatic N) is 5. The third-order valence-corrected chi connectivity index (χ3v) is 5.70. The lowest BCUT2D eigenvalue weighted by Gasteiger charge is -2.32. The van der Waals surface area contributed by atoms with Crippen LogP contribution in [-0.4, -0.2) is 55.0 Å². The van der Waals surface area contributed by atoms with Gasteiger partial charge < -0.3 is 14.8 Å². The van der Waals surface area contributed by atoms with Crippen LogP contribution < -0.4 is 16.6 Å². The Bertz CT molecular complexity index is 1050. The molecule has 0 radical (unpaired) electrons. The van der Waals surface area contributed by atoms with Gasteiger partial charge in [-0.3, -0.25) is 23.5 Å². The van der Waals surface area contributed by atoms with Gasteiger partial charge in [0, 0.05) is 46.7 Å². The average Bonchev–Trinajstić information content (AvgIpc) is 3.18. The van der Waals surface area contributed by atoms with Crippen LogP contribution in [0.1, 0.15) is 39.0 Å². The molecule has 0 aliphatic carbocycles. The van der Waals surface area contributed by atoms with Crippen molar-refractivity contribution in [2.45, 2.75) is 45.6 Å². The smallest absolute Gasteiger partial charge is 0.332 e. The highest BCUT2D eigenvalue weighted by Gasteiger charge is 2.27. The van der Waals surface area contributed by atoms with Crippen LogP contribution in [0.4, 0.5) is 0 Å². The van der Waals surface area contributed by atoms with Gasteiger partial charge >= 0.3 is 5.69 Å². The van der Waals surface area contributed by atoms with Gasteiger partial charge in [-0.2, -0.15) is 0 Å². The molecule has 10 heteroatoms. The molecule has 0 bridgehead atoms. The first-order valence-electron chi connectivity index (χ1n) is 10.5. The van der Waals surface area contributed by atoms with Crippen LogP contribution in [0.25, 0.3) is 11.2 Å². The van der Waals surface area contributed by atoms with E-state index in [4.69, 9.17) is 0 Å². The molecule has 10 nitrogen and oxygen atoms in total. The molecule has 3 heterocycles. The Kier molecular flexibility index (Phi) is 6.73. The molecule has 1 N–H and O–H groups in total. The minimum atomic E-state index is -0.421. The largest absolute Gasteiger partial charge is 0.356 e. The zero-order chi connectivity index (χ0) is 21.8. The summed E-state index contributed by atoms with van der Waals surface area (Å²) in [5.41, 5.74) is -0.117.